The predicted molar refractivity (Wildman–Crippen MR) is 78.6 cm³/mol. The lowest BCUT2D eigenvalue weighted by Crippen LogP contribution is -2.25. The molecule has 1 aliphatic rings. The van der Waals surface area contributed by atoms with E-state index >= 15 is 0 Å². The first-order chi connectivity index (χ1) is 9.65. The van der Waals surface area contributed by atoms with Crippen molar-refractivity contribution in [2.45, 2.75) is 25.0 Å². The summed E-state index contributed by atoms with van der Waals surface area (Å²) in [5.74, 6) is 0.815. The summed E-state index contributed by atoms with van der Waals surface area (Å²) < 4.78 is 5.44. The quantitative estimate of drug-likeness (QED) is 0.900. The monoisotopic (exact) mass is 269 g/mol. The number of nitrogens with two attached hydrogens (primary N) is 1. The smallest absolute Gasteiger partial charge is 0.119 e. The maximum absolute atomic E-state index is 11.1. The van der Waals surface area contributed by atoms with Gasteiger partial charge in [-0.2, -0.15) is 0 Å². The number of fused-ring (bicyclic) bond motifs is 1. The number of ether oxygens (including phenoxy) is 1. The third kappa shape index (κ3) is 1.99. The Kier molecular flexibility index (Phi) is 3.24. The second-order valence-corrected chi connectivity index (χ2v) is 5.22. The first kappa shape index (κ1) is 13.2. The summed E-state index contributed by atoms with van der Waals surface area (Å²) in [4.78, 5) is 0. The van der Waals surface area contributed by atoms with Crippen molar-refractivity contribution in [2.75, 3.05) is 6.61 Å². The van der Waals surface area contributed by atoms with Gasteiger partial charge in [-0.05, 0) is 35.7 Å². The van der Waals surface area contributed by atoms with E-state index in [0.717, 1.165) is 22.4 Å². The van der Waals surface area contributed by atoms with Crippen molar-refractivity contribution >= 4 is 0 Å². The average Bonchev–Trinajstić information content (AvgIpc) is 2.74. The maximum Gasteiger partial charge on any atom is 0.119 e. The van der Waals surface area contributed by atoms with E-state index in [2.05, 4.69) is 0 Å². The number of hydrogen-bond acceptors (Lipinski definition) is 3. The fourth-order valence-electron chi connectivity index (χ4n) is 3.00. The van der Waals surface area contributed by atoms with Gasteiger partial charge in [0.25, 0.3) is 0 Å². The van der Waals surface area contributed by atoms with Gasteiger partial charge in [-0.3, -0.25) is 0 Å². The molecule has 1 aliphatic carbocycles. The molecular weight excluding hydrogens is 250 g/mol. The molecule has 0 spiro atoms. The molecule has 2 aromatic rings. The average molecular weight is 269 g/mol. The van der Waals surface area contributed by atoms with Crippen LogP contribution >= 0.6 is 0 Å². The van der Waals surface area contributed by atoms with Gasteiger partial charge in [-0.15, -0.1) is 0 Å². The Balaban J connectivity index is 2.01. The van der Waals surface area contributed by atoms with E-state index in [0.29, 0.717) is 13.0 Å². The molecule has 3 N–H and O–H groups in total. The molecule has 0 saturated heterocycles. The van der Waals surface area contributed by atoms with E-state index in [4.69, 9.17) is 10.5 Å². The fourth-order valence-corrected chi connectivity index (χ4v) is 3.00. The molecule has 0 aromatic heterocycles. The molecule has 0 aliphatic heterocycles. The molecule has 104 valence electrons. The molecular formula is C17H19NO2. The Morgan fingerprint density at radius 2 is 1.90 bits per heavy atom. The van der Waals surface area contributed by atoms with Crippen LogP contribution in [-0.2, 0) is 5.60 Å². The summed E-state index contributed by atoms with van der Waals surface area (Å²) in [6.07, 6.45) is 0.514. The standard InChI is InChI=1S/C17H19NO2/c1-2-20-13-9-7-12(8-10-13)17(19)11-16(18)14-5-3-4-6-15(14)17/h3-10,16,19H,2,11,18H2,1H3. The molecule has 3 rings (SSSR count). The van der Waals surface area contributed by atoms with Crippen molar-refractivity contribution in [3.8, 4) is 5.75 Å². The molecule has 0 amide bonds. The molecule has 2 aromatic carbocycles. The first-order valence-corrected chi connectivity index (χ1v) is 6.96. The molecule has 2 unspecified atom stereocenters. The summed E-state index contributed by atoms with van der Waals surface area (Å²) in [5.41, 5.74) is 7.96. The van der Waals surface area contributed by atoms with Crippen LogP contribution in [0.25, 0.3) is 0 Å². The van der Waals surface area contributed by atoms with Gasteiger partial charge < -0.3 is 15.6 Å². The van der Waals surface area contributed by atoms with Crippen molar-refractivity contribution in [1.82, 2.24) is 0 Å². The third-order valence-corrected chi connectivity index (χ3v) is 3.96. The zero-order chi connectivity index (χ0) is 14.2. The topological polar surface area (TPSA) is 55.5 Å². The van der Waals surface area contributed by atoms with E-state index in [1.807, 2.05) is 55.5 Å². The summed E-state index contributed by atoms with van der Waals surface area (Å²) in [6, 6.07) is 15.3. The van der Waals surface area contributed by atoms with E-state index in [1.165, 1.54) is 0 Å². The fraction of sp³-hybridized carbons (Fsp3) is 0.294. The Hall–Kier alpha value is -1.84. The normalized spacial score (nSPS) is 24.4. The minimum absolute atomic E-state index is 0.122. The van der Waals surface area contributed by atoms with Crippen molar-refractivity contribution < 1.29 is 9.84 Å². The minimum atomic E-state index is -0.999. The number of rotatable bonds is 3. The lowest BCUT2D eigenvalue weighted by atomic mass is 9.88. The predicted octanol–water partition coefficient (Wildman–Crippen LogP) is 2.72. The Labute approximate surface area is 119 Å². The lowest BCUT2D eigenvalue weighted by Gasteiger charge is -2.25. The van der Waals surface area contributed by atoms with Crippen molar-refractivity contribution in [2.24, 2.45) is 5.73 Å². The third-order valence-electron chi connectivity index (χ3n) is 3.96. The molecule has 0 heterocycles. The van der Waals surface area contributed by atoms with Crippen LogP contribution in [0.2, 0.25) is 0 Å². The Morgan fingerprint density at radius 1 is 1.20 bits per heavy atom. The van der Waals surface area contributed by atoms with E-state index in [9.17, 15) is 5.11 Å². The van der Waals surface area contributed by atoms with Gasteiger partial charge in [-0.25, -0.2) is 0 Å². The van der Waals surface area contributed by atoms with Crippen LogP contribution in [0.5, 0.6) is 5.75 Å². The summed E-state index contributed by atoms with van der Waals surface area (Å²) in [5, 5.41) is 11.1. The number of hydrogen-bond donors (Lipinski definition) is 2. The van der Waals surface area contributed by atoms with Crippen LogP contribution in [0.15, 0.2) is 48.5 Å². The van der Waals surface area contributed by atoms with Crippen LogP contribution in [0, 0.1) is 0 Å². The van der Waals surface area contributed by atoms with Gasteiger partial charge in [0, 0.05) is 12.5 Å². The van der Waals surface area contributed by atoms with Crippen molar-refractivity contribution in [1.29, 1.82) is 0 Å². The Morgan fingerprint density at radius 3 is 2.60 bits per heavy atom. The number of benzene rings is 2. The molecule has 0 fully saturated rings. The Bertz CT molecular complexity index is 609. The van der Waals surface area contributed by atoms with Crippen LogP contribution < -0.4 is 10.5 Å². The molecule has 0 bridgehead atoms. The van der Waals surface area contributed by atoms with E-state index in [-0.39, 0.29) is 6.04 Å². The van der Waals surface area contributed by atoms with Gasteiger partial charge in [0.05, 0.1) is 6.61 Å². The zero-order valence-corrected chi connectivity index (χ0v) is 11.5. The van der Waals surface area contributed by atoms with Crippen LogP contribution in [0.3, 0.4) is 0 Å². The van der Waals surface area contributed by atoms with Crippen LogP contribution in [-0.4, -0.2) is 11.7 Å². The summed E-state index contributed by atoms with van der Waals surface area (Å²) in [7, 11) is 0. The largest absolute Gasteiger partial charge is 0.494 e. The molecule has 0 radical (unpaired) electrons. The highest BCUT2D eigenvalue weighted by atomic mass is 16.5. The molecule has 2 atom stereocenters. The van der Waals surface area contributed by atoms with Gasteiger partial charge >= 0.3 is 0 Å². The second-order valence-electron chi connectivity index (χ2n) is 5.22. The highest BCUT2D eigenvalue weighted by Crippen LogP contribution is 2.46. The lowest BCUT2D eigenvalue weighted by molar-refractivity contribution is 0.0776. The highest BCUT2D eigenvalue weighted by molar-refractivity contribution is 5.47. The highest BCUT2D eigenvalue weighted by Gasteiger charge is 2.42. The van der Waals surface area contributed by atoms with Crippen molar-refractivity contribution in [3.05, 3.63) is 65.2 Å². The van der Waals surface area contributed by atoms with Gasteiger partial charge in [0.2, 0.25) is 0 Å². The molecule has 3 nitrogen and oxygen atoms in total. The number of aliphatic hydroxyl groups is 1. The van der Waals surface area contributed by atoms with Crippen molar-refractivity contribution in [3.63, 3.8) is 0 Å². The maximum atomic E-state index is 11.1. The molecule has 3 heteroatoms. The van der Waals surface area contributed by atoms with E-state index in [1.54, 1.807) is 0 Å². The summed E-state index contributed by atoms with van der Waals surface area (Å²) in [6.45, 7) is 2.59. The minimum Gasteiger partial charge on any atom is -0.494 e. The molecule has 20 heavy (non-hydrogen) atoms. The first-order valence-electron chi connectivity index (χ1n) is 6.96. The molecule has 0 saturated carbocycles. The van der Waals surface area contributed by atoms with Crippen LogP contribution in [0.1, 0.15) is 36.1 Å². The van der Waals surface area contributed by atoms with Gasteiger partial charge in [0.15, 0.2) is 0 Å². The van der Waals surface area contributed by atoms with Gasteiger partial charge in [-0.1, -0.05) is 36.4 Å². The van der Waals surface area contributed by atoms with Gasteiger partial charge in [0.1, 0.15) is 11.4 Å². The second kappa shape index (κ2) is 4.93. The van der Waals surface area contributed by atoms with Crippen LogP contribution in [0.4, 0.5) is 0 Å². The summed E-state index contributed by atoms with van der Waals surface area (Å²) >= 11 is 0. The zero-order valence-electron chi connectivity index (χ0n) is 11.5. The van der Waals surface area contributed by atoms with E-state index < -0.39 is 5.60 Å². The SMILES string of the molecule is CCOc1ccc(C2(O)CC(N)c3ccccc32)cc1.